The number of rotatable bonds is 4. The second-order valence-electron chi connectivity index (χ2n) is 5.31. The summed E-state index contributed by atoms with van der Waals surface area (Å²) in [6.07, 6.45) is 0.104. The Kier molecular flexibility index (Phi) is 4.73. The van der Waals surface area contributed by atoms with Crippen molar-refractivity contribution in [3.05, 3.63) is 53.3 Å². The van der Waals surface area contributed by atoms with Crippen molar-refractivity contribution in [2.24, 2.45) is 4.40 Å². The highest BCUT2D eigenvalue weighted by molar-refractivity contribution is 7.90. The zero-order chi connectivity index (χ0) is 18.0. The third-order valence-corrected chi connectivity index (χ3v) is 5.13. The van der Waals surface area contributed by atoms with Gasteiger partial charge in [-0.1, -0.05) is 23.7 Å². The predicted octanol–water partition coefficient (Wildman–Crippen LogP) is 3.41. The normalized spacial score (nSPS) is 14.9. The largest absolute Gasteiger partial charge is 0.342 e. The van der Waals surface area contributed by atoms with Crippen LogP contribution < -0.4 is 10.6 Å². The van der Waals surface area contributed by atoms with Crippen molar-refractivity contribution >= 4 is 44.7 Å². The molecule has 1 aliphatic rings. The zero-order valence-corrected chi connectivity index (χ0v) is 14.4. The van der Waals surface area contributed by atoms with E-state index >= 15 is 0 Å². The topological polar surface area (TPSA) is 87.6 Å². The van der Waals surface area contributed by atoms with Crippen LogP contribution in [-0.2, 0) is 14.8 Å². The van der Waals surface area contributed by atoms with Crippen LogP contribution in [-0.4, -0.2) is 20.2 Å². The maximum Gasteiger partial charge on any atom is 0.286 e. The Balaban J connectivity index is 1.65. The second kappa shape index (κ2) is 6.81. The second-order valence-corrected chi connectivity index (χ2v) is 7.29. The minimum Gasteiger partial charge on any atom is -0.342 e. The van der Waals surface area contributed by atoms with Gasteiger partial charge >= 0.3 is 0 Å². The van der Waals surface area contributed by atoms with Crippen molar-refractivity contribution in [3.63, 3.8) is 0 Å². The first kappa shape index (κ1) is 17.4. The predicted molar refractivity (Wildman–Crippen MR) is 94.0 cm³/mol. The van der Waals surface area contributed by atoms with E-state index in [0.717, 1.165) is 6.07 Å². The summed E-state index contributed by atoms with van der Waals surface area (Å²) in [5.74, 6) is -0.765. The Labute approximate surface area is 148 Å². The fraction of sp³-hybridized carbons (Fsp3) is 0.125. The molecule has 3 rings (SSSR count). The Morgan fingerprint density at radius 1 is 1.24 bits per heavy atom. The molecule has 0 fully saturated rings. The van der Waals surface area contributed by atoms with E-state index in [0.29, 0.717) is 11.4 Å². The van der Waals surface area contributed by atoms with E-state index in [2.05, 4.69) is 15.0 Å². The highest BCUT2D eigenvalue weighted by Gasteiger charge is 2.24. The number of carbonyl (C=O) groups is 1. The first-order chi connectivity index (χ1) is 11.8. The van der Waals surface area contributed by atoms with E-state index in [1.807, 2.05) is 0 Å². The van der Waals surface area contributed by atoms with Crippen LogP contribution in [0.3, 0.4) is 0 Å². The maximum absolute atomic E-state index is 13.1. The van der Waals surface area contributed by atoms with Gasteiger partial charge in [-0.25, -0.2) is 4.39 Å². The van der Waals surface area contributed by atoms with Gasteiger partial charge in [-0.05, 0) is 30.3 Å². The summed E-state index contributed by atoms with van der Waals surface area (Å²) in [7, 11) is -3.77. The molecule has 0 spiro atoms. The average Bonchev–Trinajstić information content (AvgIpc) is 2.56. The van der Waals surface area contributed by atoms with E-state index in [1.54, 1.807) is 18.2 Å². The van der Waals surface area contributed by atoms with Crippen LogP contribution in [0.1, 0.15) is 12.8 Å². The Hall–Kier alpha value is -2.45. The first-order valence-corrected chi connectivity index (χ1v) is 9.12. The quantitative estimate of drug-likeness (QED) is 0.849. The van der Waals surface area contributed by atoms with Crippen LogP contribution in [0.2, 0.25) is 5.02 Å². The molecule has 0 saturated carbocycles. The van der Waals surface area contributed by atoms with Gasteiger partial charge in [0, 0.05) is 18.5 Å². The number of carbonyl (C=O) groups excluding carboxylic acids is 1. The first-order valence-electron chi connectivity index (χ1n) is 7.30. The number of nitrogens with zero attached hydrogens (tertiary/aromatic N) is 1. The number of nitrogens with one attached hydrogen (secondary N) is 2. The van der Waals surface area contributed by atoms with Crippen molar-refractivity contribution in [1.29, 1.82) is 0 Å². The molecule has 0 saturated heterocycles. The van der Waals surface area contributed by atoms with Gasteiger partial charge < -0.3 is 10.6 Å². The van der Waals surface area contributed by atoms with Gasteiger partial charge in [0.1, 0.15) is 16.5 Å². The van der Waals surface area contributed by atoms with Crippen molar-refractivity contribution < 1.29 is 17.6 Å². The average molecular weight is 382 g/mol. The van der Waals surface area contributed by atoms with Gasteiger partial charge in [0.25, 0.3) is 10.0 Å². The van der Waals surface area contributed by atoms with E-state index in [1.165, 1.54) is 18.2 Å². The molecule has 1 amide bonds. The third-order valence-electron chi connectivity index (χ3n) is 3.47. The van der Waals surface area contributed by atoms with Crippen LogP contribution in [0.5, 0.6) is 0 Å². The molecule has 0 aromatic heterocycles. The maximum atomic E-state index is 13.1. The summed E-state index contributed by atoms with van der Waals surface area (Å²) >= 11 is 5.65. The van der Waals surface area contributed by atoms with Crippen molar-refractivity contribution in [2.75, 3.05) is 10.6 Å². The molecule has 9 heteroatoms. The number of anilines is 2. The Morgan fingerprint density at radius 2 is 2.00 bits per heavy atom. The number of hydrogen-bond donors (Lipinski definition) is 2. The number of fused-ring (bicyclic) bond motifs is 1. The number of amides is 1. The Morgan fingerprint density at radius 3 is 2.76 bits per heavy atom. The third kappa shape index (κ3) is 3.97. The molecule has 0 atom stereocenters. The molecule has 130 valence electrons. The fourth-order valence-electron chi connectivity index (χ4n) is 2.30. The molecule has 0 aliphatic carbocycles. The molecule has 2 N–H and O–H groups in total. The highest BCUT2D eigenvalue weighted by atomic mass is 35.5. The molecule has 2 aromatic carbocycles. The van der Waals surface area contributed by atoms with Crippen molar-refractivity contribution in [3.8, 4) is 0 Å². The van der Waals surface area contributed by atoms with Crippen LogP contribution >= 0.6 is 11.6 Å². The summed E-state index contributed by atoms with van der Waals surface area (Å²) in [5.41, 5.74) is 0.783. The van der Waals surface area contributed by atoms with Crippen LogP contribution in [0, 0.1) is 5.82 Å². The fourth-order valence-corrected chi connectivity index (χ4v) is 3.66. The molecule has 0 unspecified atom stereocenters. The summed E-state index contributed by atoms with van der Waals surface area (Å²) in [5, 5.41) is 5.38. The van der Waals surface area contributed by atoms with E-state index in [9.17, 15) is 17.6 Å². The molecule has 0 bridgehead atoms. The molecule has 1 heterocycles. The van der Waals surface area contributed by atoms with E-state index < -0.39 is 15.8 Å². The smallest absolute Gasteiger partial charge is 0.286 e. The molecule has 25 heavy (non-hydrogen) atoms. The van der Waals surface area contributed by atoms with Crippen molar-refractivity contribution in [1.82, 2.24) is 0 Å². The van der Waals surface area contributed by atoms with Gasteiger partial charge in [-0.3, -0.25) is 4.79 Å². The lowest BCUT2D eigenvalue weighted by molar-refractivity contribution is -0.116. The van der Waals surface area contributed by atoms with E-state index in [-0.39, 0.29) is 34.5 Å². The Bertz CT molecular complexity index is 976. The van der Waals surface area contributed by atoms with Gasteiger partial charge in [-0.2, -0.15) is 8.42 Å². The summed E-state index contributed by atoms with van der Waals surface area (Å²) in [4.78, 5) is 12.1. The standard InChI is InChI=1S/C16H13ClFN3O3S/c17-11-9-10(5-6-12(11)18)19-16(22)8-7-15-20-13-3-1-2-4-14(13)25(23,24)21-15/h1-6,9H,7-8H2,(H,19,22)(H,20,21). The monoisotopic (exact) mass is 381 g/mol. The number of halogens is 2. The lowest BCUT2D eigenvalue weighted by atomic mass is 10.2. The minimum atomic E-state index is -3.77. The van der Waals surface area contributed by atoms with Gasteiger partial charge in [-0.15, -0.1) is 4.40 Å². The van der Waals surface area contributed by atoms with Gasteiger partial charge in [0.2, 0.25) is 5.91 Å². The molecule has 1 aliphatic heterocycles. The van der Waals surface area contributed by atoms with E-state index in [4.69, 9.17) is 11.6 Å². The lowest BCUT2D eigenvalue weighted by Crippen LogP contribution is -2.23. The summed E-state index contributed by atoms with van der Waals surface area (Å²) in [6.45, 7) is 0. The number of amidine groups is 1. The van der Waals surface area contributed by atoms with Gasteiger partial charge in [0.15, 0.2) is 0 Å². The minimum absolute atomic E-state index is 0.00147. The highest BCUT2D eigenvalue weighted by Crippen LogP contribution is 2.27. The molecule has 0 radical (unpaired) electrons. The zero-order valence-electron chi connectivity index (χ0n) is 12.8. The number of sulfonamides is 1. The molecule has 6 nitrogen and oxygen atoms in total. The van der Waals surface area contributed by atoms with Gasteiger partial charge in [0.05, 0.1) is 10.7 Å². The number of para-hydroxylation sites is 1. The summed E-state index contributed by atoms with van der Waals surface area (Å²) in [6, 6.07) is 10.2. The van der Waals surface area contributed by atoms with Crippen LogP contribution in [0.4, 0.5) is 15.8 Å². The lowest BCUT2D eigenvalue weighted by Gasteiger charge is -2.17. The summed E-state index contributed by atoms with van der Waals surface area (Å²) < 4.78 is 41.0. The number of benzene rings is 2. The molecular weight excluding hydrogens is 369 g/mol. The van der Waals surface area contributed by atoms with Crippen LogP contribution in [0.15, 0.2) is 51.8 Å². The molecular formula is C16H13ClFN3O3S. The number of hydrogen-bond acceptors (Lipinski definition) is 4. The SMILES string of the molecule is O=C(CCC1=NS(=O)(=O)c2ccccc2N1)Nc1ccc(F)c(Cl)c1. The molecule has 2 aromatic rings. The van der Waals surface area contributed by atoms with Crippen LogP contribution in [0.25, 0.3) is 0 Å². The van der Waals surface area contributed by atoms with Crippen molar-refractivity contribution in [2.45, 2.75) is 17.7 Å².